The van der Waals surface area contributed by atoms with Crippen LogP contribution in [0.4, 0.5) is 10.1 Å². The van der Waals surface area contributed by atoms with E-state index in [1.165, 1.54) is 16.8 Å². The molecule has 2 heterocycles. The second kappa shape index (κ2) is 9.93. The molecule has 1 fully saturated rings. The van der Waals surface area contributed by atoms with E-state index in [4.69, 9.17) is 0 Å². The van der Waals surface area contributed by atoms with E-state index in [1.54, 1.807) is 30.3 Å². The first-order chi connectivity index (χ1) is 16.2. The topological polar surface area (TPSA) is 70.5 Å². The summed E-state index contributed by atoms with van der Waals surface area (Å²) in [4.78, 5) is 30.8. The van der Waals surface area contributed by atoms with Gasteiger partial charge in [0, 0.05) is 49.4 Å². The SMILES string of the molecule is CC(C)Cn1nc(C(=O)NC(C)c2cc(F)ccc2N2CCN(C)CC2)c2ccccc2c1=O. The van der Waals surface area contributed by atoms with Crippen molar-refractivity contribution in [1.29, 1.82) is 0 Å². The molecule has 0 saturated carbocycles. The average molecular weight is 466 g/mol. The first kappa shape index (κ1) is 23.9. The largest absolute Gasteiger partial charge is 0.369 e. The number of nitrogens with one attached hydrogen (secondary N) is 1. The maximum Gasteiger partial charge on any atom is 0.274 e. The van der Waals surface area contributed by atoms with Crippen LogP contribution in [0, 0.1) is 11.7 Å². The summed E-state index contributed by atoms with van der Waals surface area (Å²) in [6.45, 7) is 9.76. The molecule has 0 radical (unpaired) electrons. The van der Waals surface area contributed by atoms with E-state index in [0.717, 1.165) is 37.4 Å². The normalized spacial score (nSPS) is 15.6. The van der Waals surface area contributed by atoms with Crippen molar-refractivity contribution in [2.24, 2.45) is 5.92 Å². The molecule has 1 atom stereocenters. The third-order valence-electron chi connectivity index (χ3n) is 6.27. The van der Waals surface area contributed by atoms with Crippen LogP contribution in [0.2, 0.25) is 0 Å². The van der Waals surface area contributed by atoms with Gasteiger partial charge in [-0.2, -0.15) is 5.10 Å². The monoisotopic (exact) mass is 465 g/mol. The predicted molar refractivity (Wildman–Crippen MR) is 133 cm³/mol. The van der Waals surface area contributed by atoms with Crippen LogP contribution in [0.1, 0.15) is 42.9 Å². The minimum Gasteiger partial charge on any atom is -0.369 e. The van der Waals surface area contributed by atoms with Crippen LogP contribution in [-0.2, 0) is 6.54 Å². The number of carbonyl (C=O) groups excluding carboxylic acids is 1. The van der Waals surface area contributed by atoms with Crippen LogP contribution in [0.5, 0.6) is 0 Å². The predicted octanol–water partition coefficient (Wildman–Crippen LogP) is 3.43. The summed E-state index contributed by atoms with van der Waals surface area (Å²) in [7, 11) is 2.09. The van der Waals surface area contributed by atoms with Crippen molar-refractivity contribution >= 4 is 22.4 Å². The van der Waals surface area contributed by atoms with E-state index >= 15 is 0 Å². The van der Waals surface area contributed by atoms with Gasteiger partial charge in [-0.05, 0) is 44.2 Å². The van der Waals surface area contributed by atoms with Gasteiger partial charge in [0.05, 0.1) is 11.4 Å². The van der Waals surface area contributed by atoms with Crippen molar-refractivity contribution in [3.63, 3.8) is 0 Å². The minimum atomic E-state index is -0.455. The molecule has 1 unspecified atom stereocenters. The van der Waals surface area contributed by atoms with E-state index in [-0.39, 0.29) is 23.0 Å². The lowest BCUT2D eigenvalue weighted by atomic mass is 10.0. The molecule has 4 rings (SSSR count). The number of likely N-dealkylation sites (N-methyl/N-ethyl adjacent to an activating group) is 1. The highest BCUT2D eigenvalue weighted by atomic mass is 19.1. The van der Waals surface area contributed by atoms with Crippen LogP contribution in [0.25, 0.3) is 10.8 Å². The van der Waals surface area contributed by atoms with Gasteiger partial charge >= 0.3 is 0 Å². The van der Waals surface area contributed by atoms with Crippen LogP contribution >= 0.6 is 0 Å². The van der Waals surface area contributed by atoms with Gasteiger partial charge in [-0.1, -0.05) is 32.0 Å². The van der Waals surface area contributed by atoms with Crippen molar-refractivity contribution in [3.8, 4) is 0 Å². The second-order valence-corrected chi connectivity index (χ2v) is 9.46. The van der Waals surface area contributed by atoms with Gasteiger partial charge in [0.15, 0.2) is 5.69 Å². The van der Waals surface area contributed by atoms with Crippen LogP contribution in [0.15, 0.2) is 47.3 Å². The molecule has 34 heavy (non-hydrogen) atoms. The molecule has 1 aromatic heterocycles. The quantitative estimate of drug-likeness (QED) is 0.604. The summed E-state index contributed by atoms with van der Waals surface area (Å²) in [5, 5.41) is 8.40. The Morgan fingerprint density at radius 2 is 1.74 bits per heavy atom. The third-order valence-corrected chi connectivity index (χ3v) is 6.27. The highest BCUT2D eigenvalue weighted by molar-refractivity contribution is 6.04. The van der Waals surface area contributed by atoms with Gasteiger partial charge in [0.2, 0.25) is 0 Å². The van der Waals surface area contributed by atoms with Crippen molar-refractivity contribution in [2.45, 2.75) is 33.4 Å². The van der Waals surface area contributed by atoms with E-state index in [0.29, 0.717) is 17.3 Å². The third kappa shape index (κ3) is 4.97. The Bertz CT molecular complexity index is 1250. The van der Waals surface area contributed by atoms with Gasteiger partial charge in [-0.25, -0.2) is 9.07 Å². The summed E-state index contributed by atoms with van der Waals surface area (Å²) in [6.07, 6.45) is 0. The lowest BCUT2D eigenvalue weighted by Crippen LogP contribution is -2.45. The maximum absolute atomic E-state index is 14.2. The van der Waals surface area contributed by atoms with Gasteiger partial charge in [-0.15, -0.1) is 0 Å². The van der Waals surface area contributed by atoms with Crippen molar-refractivity contribution in [2.75, 3.05) is 38.1 Å². The Hall–Kier alpha value is -3.26. The molecule has 0 spiro atoms. The Labute approximate surface area is 199 Å². The number of piperazine rings is 1. The number of rotatable bonds is 6. The first-order valence-electron chi connectivity index (χ1n) is 11.8. The van der Waals surface area contributed by atoms with E-state index < -0.39 is 11.9 Å². The summed E-state index contributed by atoms with van der Waals surface area (Å²) >= 11 is 0. The molecule has 8 heteroatoms. The maximum atomic E-state index is 14.2. The van der Waals surface area contributed by atoms with Gasteiger partial charge in [0.25, 0.3) is 11.5 Å². The summed E-state index contributed by atoms with van der Waals surface area (Å²) < 4.78 is 15.6. The molecule has 1 N–H and O–H groups in total. The highest BCUT2D eigenvalue weighted by Gasteiger charge is 2.23. The van der Waals surface area contributed by atoms with Crippen molar-refractivity contribution in [1.82, 2.24) is 20.0 Å². The molecule has 7 nitrogen and oxygen atoms in total. The van der Waals surface area contributed by atoms with E-state index in [9.17, 15) is 14.0 Å². The van der Waals surface area contributed by atoms with Crippen LogP contribution in [-0.4, -0.2) is 53.8 Å². The number of amides is 1. The van der Waals surface area contributed by atoms with Crippen LogP contribution in [0.3, 0.4) is 0 Å². The number of halogens is 1. The highest BCUT2D eigenvalue weighted by Crippen LogP contribution is 2.29. The zero-order valence-corrected chi connectivity index (χ0v) is 20.2. The standard InChI is InChI=1S/C26H32FN5O2/c1-17(2)16-32-26(34)21-8-6-5-7-20(21)24(29-32)25(33)28-18(3)22-15-19(27)9-10-23(22)31-13-11-30(4)12-14-31/h5-10,15,17-18H,11-14,16H2,1-4H3,(H,28,33). The Morgan fingerprint density at radius 1 is 1.06 bits per heavy atom. The fourth-order valence-electron chi connectivity index (χ4n) is 4.42. The number of hydrogen-bond donors (Lipinski definition) is 1. The average Bonchev–Trinajstić information content (AvgIpc) is 2.81. The Morgan fingerprint density at radius 3 is 2.41 bits per heavy atom. The summed E-state index contributed by atoms with van der Waals surface area (Å²) in [5.74, 6) is -0.544. The van der Waals surface area contributed by atoms with Crippen molar-refractivity contribution in [3.05, 3.63) is 69.9 Å². The number of benzene rings is 2. The lowest BCUT2D eigenvalue weighted by Gasteiger charge is -2.36. The van der Waals surface area contributed by atoms with Gasteiger partial charge in [0.1, 0.15) is 5.82 Å². The van der Waals surface area contributed by atoms with Crippen molar-refractivity contribution < 1.29 is 9.18 Å². The molecule has 3 aromatic rings. The molecular formula is C26H32FN5O2. The molecular weight excluding hydrogens is 433 g/mol. The molecule has 2 aromatic carbocycles. The van der Waals surface area contributed by atoms with Gasteiger partial charge < -0.3 is 15.1 Å². The van der Waals surface area contributed by atoms with E-state index in [2.05, 4.69) is 27.3 Å². The number of fused-ring (bicyclic) bond motifs is 1. The molecule has 1 aliphatic heterocycles. The molecule has 0 aliphatic carbocycles. The fourth-order valence-corrected chi connectivity index (χ4v) is 4.42. The smallest absolute Gasteiger partial charge is 0.274 e. The molecule has 1 saturated heterocycles. The van der Waals surface area contributed by atoms with E-state index in [1.807, 2.05) is 20.8 Å². The molecule has 1 aliphatic rings. The molecule has 0 bridgehead atoms. The fraction of sp³-hybridized carbons (Fsp3) is 0.423. The number of anilines is 1. The Kier molecular flexibility index (Phi) is 6.97. The number of carbonyl (C=O) groups is 1. The molecule has 1 amide bonds. The first-order valence-corrected chi connectivity index (χ1v) is 11.8. The van der Waals surface area contributed by atoms with Gasteiger partial charge in [-0.3, -0.25) is 9.59 Å². The minimum absolute atomic E-state index is 0.194. The summed E-state index contributed by atoms with van der Waals surface area (Å²) in [5.41, 5.74) is 1.62. The summed E-state index contributed by atoms with van der Waals surface area (Å²) in [6, 6.07) is 11.3. The zero-order valence-electron chi connectivity index (χ0n) is 20.2. The second-order valence-electron chi connectivity index (χ2n) is 9.46. The molecule has 180 valence electrons. The number of nitrogens with zero attached hydrogens (tertiary/aromatic N) is 4. The lowest BCUT2D eigenvalue weighted by molar-refractivity contribution is 0.0934. The number of hydrogen-bond acceptors (Lipinski definition) is 5. The Balaban J connectivity index is 1.67. The number of aromatic nitrogens is 2. The zero-order chi connectivity index (χ0) is 24.4. The van der Waals surface area contributed by atoms with Crippen LogP contribution < -0.4 is 15.8 Å².